The standard InChI is InChI=1S/C14H15N3O4S/c1-9-7-13(21-16-9)14(18)15-11-3-2-4-12(8-11)22(19,20)17-10-5-6-10/h2-4,7-8,10,17H,5-6H2,1H3,(H,15,18). The van der Waals surface area contributed by atoms with Gasteiger partial charge in [0.1, 0.15) is 0 Å². The number of benzene rings is 1. The van der Waals surface area contributed by atoms with Gasteiger partial charge >= 0.3 is 0 Å². The first-order chi connectivity index (χ1) is 10.4. The molecule has 0 spiro atoms. The summed E-state index contributed by atoms with van der Waals surface area (Å²) in [6, 6.07) is 7.61. The Morgan fingerprint density at radius 2 is 2.09 bits per heavy atom. The number of nitrogens with one attached hydrogen (secondary N) is 2. The Balaban J connectivity index is 1.77. The van der Waals surface area contributed by atoms with Crippen molar-refractivity contribution in [2.24, 2.45) is 0 Å². The Labute approximate surface area is 127 Å². The highest BCUT2D eigenvalue weighted by atomic mass is 32.2. The van der Waals surface area contributed by atoms with E-state index in [2.05, 4.69) is 15.2 Å². The topological polar surface area (TPSA) is 101 Å². The van der Waals surface area contributed by atoms with Crippen molar-refractivity contribution in [1.29, 1.82) is 0 Å². The Kier molecular flexibility index (Phi) is 3.71. The maximum absolute atomic E-state index is 12.1. The molecule has 0 aliphatic heterocycles. The van der Waals surface area contributed by atoms with Crippen LogP contribution >= 0.6 is 0 Å². The van der Waals surface area contributed by atoms with Gasteiger partial charge in [0, 0.05) is 17.8 Å². The molecule has 0 radical (unpaired) electrons. The third-order valence-corrected chi connectivity index (χ3v) is 4.67. The predicted molar refractivity (Wildman–Crippen MR) is 79.0 cm³/mol. The molecular formula is C14H15N3O4S. The second kappa shape index (κ2) is 5.54. The number of nitrogens with zero attached hydrogens (tertiary/aromatic N) is 1. The molecule has 7 nitrogen and oxygen atoms in total. The summed E-state index contributed by atoms with van der Waals surface area (Å²) in [5, 5.41) is 6.22. The summed E-state index contributed by atoms with van der Waals surface area (Å²) in [7, 11) is -3.55. The fourth-order valence-corrected chi connectivity index (χ4v) is 3.24. The molecule has 116 valence electrons. The van der Waals surface area contributed by atoms with Crippen molar-refractivity contribution in [2.45, 2.75) is 30.7 Å². The lowest BCUT2D eigenvalue weighted by Gasteiger charge is -2.08. The van der Waals surface area contributed by atoms with Gasteiger partial charge in [-0.1, -0.05) is 11.2 Å². The Morgan fingerprint density at radius 3 is 2.73 bits per heavy atom. The maximum atomic E-state index is 12.1. The minimum atomic E-state index is -3.55. The van der Waals surface area contributed by atoms with Gasteiger partial charge in [-0.3, -0.25) is 4.79 Å². The van der Waals surface area contributed by atoms with E-state index in [4.69, 9.17) is 4.52 Å². The number of aromatic nitrogens is 1. The normalized spacial score (nSPS) is 14.8. The van der Waals surface area contributed by atoms with Gasteiger partial charge in [-0.2, -0.15) is 0 Å². The third-order valence-electron chi connectivity index (χ3n) is 3.15. The largest absolute Gasteiger partial charge is 0.351 e. The van der Waals surface area contributed by atoms with Gasteiger partial charge in [0.2, 0.25) is 15.8 Å². The van der Waals surface area contributed by atoms with Gasteiger partial charge in [-0.25, -0.2) is 13.1 Å². The van der Waals surface area contributed by atoms with Gasteiger partial charge in [0.25, 0.3) is 5.91 Å². The van der Waals surface area contributed by atoms with Crippen molar-refractivity contribution in [2.75, 3.05) is 5.32 Å². The van der Waals surface area contributed by atoms with Crippen molar-refractivity contribution in [1.82, 2.24) is 9.88 Å². The van der Waals surface area contributed by atoms with Crippen LogP contribution < -0.4 is 10.0 Å². The van der Waals surface area contributed by atoms with E-state index in [0.717, 1.165) is 12.8 Å². The average molecular weight is 321 g/mol. The van der Waals surface area contributed by atoms with Gasteiger partial charge < -0.3 is 9.84 Å². The molecule has 3 rings (SSSR count). The van der Waals surface area contributed by atoms with Crippen LogP contribution in [0.25, 0.3) is 0 Å². The Hall–Kier alpha value is -2.19. The molecule has 2 N–H and O–H groups in total. The van der Waals surface area contributed by atoms with Gasteiger partial charge in [0.15, 0.2) is 0 Å². The first-order valence-electron chi connectivity index (χ1n) is 6.81. The zero-order valence-electron chi connectivity index (χ0n) is 11.9. The third kappa shape index (κ3) is 3.34. The molecule has 0 saturated heterocycles. The van der Waals surface area contributed by atoms with Crippen LogP contribution in [0.3, 0.4) is 0 Å². The molecule has 1 saturated carbocycles. The predicted octanol–water partition coefficient (Wildman–Crippen LogP) is 1.68. The van der Waals surface area contributed by atoms with E-state index < -0.39 is 15.9 Å². The van der Waals surface area contributed by atoms with Crippen LogP contribution in [0, 0.1) is 6.92 Å². The quantitative estimate of drug-likeness (QED) is 0.872. The highest BCUT2D eigenvalue weighted by molar-refractivity contribution is 7.89. The molecule has 0 unspecified atom stereocenters. The lowest BCUT2D eigenvalue weighted by Crippen LogP contribution is -2.25. The summed E-state index contributed by atoms with van der Waals surface area (Å²) >= 11 is 0. The SMILES string of the molecule is Cc1cc(C(=O)Nc2cccc(S(=O)(=O)NC3CC3)c2)on1. The van der Waals surface area contributed by atoms with Crippen LogP contribution in [0.1, 0.15) is 29.1 Å². The van der Waals surface area contributed by atoms with E-state index in [-0.39, 0.29) is 16.7 Å². The van der Waals surface area contributed by atoms with Gasteiger partial charge in [0.05, 0.1) is 10.6 Å². The molecule has 1 aromatic carbocycles. The highest BCUT2D eigenvalue weighted by Crippen LogP contribution is 2.23. The molecule has 1 aromatic heterocycles. The van der Waals surface area contributed by atoms with E-state index in [1.54, 1.807) is 19.1 Å². The lowest BCUT2D eigenvalue weighted by atomic mass is 10.3. The molecule has 1 aliphatic carbocycles. The van der Waals surface area contributed by atoms with Gasteiger partial charge in [-0.05, 0) is 38.0 Å². The minimum absolute atomic E-state index is 0.0282. The summed E-state index contributed by atoms with van der Waals surface area (Å²) in [4.78, 5) is 12.1. The second-order valence-electron chi connectivity index (χ2n) is 5.21. The summed E-state index contributed by atoms with van der Waals surface area (Å²) in [5.74, 6) is -0.410. The average Bonchev–Trinajstić information content (AvgIpc) is 3.16. The van der Waals surface area contributed by atoms with Crippen molar-refractivity contribution in [3.8, 4) is 0 Å². The number of sulfonamides is 1. The monoisotopic (exact) mass is 321 g/mol. The number of carbonyl (C=O) groups is 1. The van der Waals surface area contributed by atoms with E-state index in [9.17, 15) is 13.2 Å². The smallest absolute Gasteiger partial charge is 0.294 e. The molecule has 1 aliphatic rings. The van der Waals surface area contributed by atoms with Crippen LogP contribution in [0.2, 0.25) is 0 Å². The number of carbonyl (C=O) groups excluding carboxylic acids is 1. The summed E-state index contributed by atoms with van der Waals surface area (Å²) in [6.07, 6.45) is 1.72. The molecule has 2 aromatic rings. The molecule has 1 amide bonds. The zero-order chi connectivity index (χ0) is 15.7. The molecule has 1 heterocycles. The van der Waals surface area contributed by atoms with Crippen molar-refractivity contribution < 1.29 is 17.7 Å². The number of amides is 1. The van der Waals surface area contributed by atoms with Crippen molar-refractivity contribution in [3.63, 3.8) is 0 Å². The zero-order valence-corrected chi connectivity index (χ0v) is 12.7. The highest BCUT2D eigenvalue weighted by Gasteiger charge is 2.28. The fourth-order valence-electron chi connectivity index (χ4n) is 1.89. The number of rotatable bonds is 5. The van der Waals surface area contributed by atoms with Crippen LogP contribution in [0.5, 0.6) is 0 Å². The summed E-state index contributed by atoms with van der Waals surface area (Å²) in [5.41, 5.74) is 0.966. The molecule has 8 heteroatoms. The van der Waals surface area contributed by atoms with Crippen LogP contribution in [-0.4, -0.2) is 25.5 Å². The second-order valence-corrected chi connectivity index (χ2v) is 6.92. The number of hydrogen-bond donors (Lipinski definition) is 2. The summed E-state index contributed by atoms with van der Waals surface area (Å²) < 4.78 is 31.7. The molecule has 0 atom stereocenters. The van der Waals surface area contributed by atoms with E-state index in [1.165, 1.54) is 18.2 Å². The Morgan fingerprint density at radius 1 is 1.32 bits per heavy atom. The molecule has 1 fully saturated rings. The van der Waals surface area contributed by atoms with Crippen LogP contribution in [-0.2, 0) is 10.0 Å². The van der Waals surface area contributed by atoms with Crippen LogP contribution in [0.4, 0.5) is 5.69 Å². The van der Waals surface area contributed by atoms with E-state index in [1.807, 2.05) is 0 Å². The fraction of sp³-hybridized carbons (Fsp3) is 0.286. The molecular weight excluding hydrogens is 306 g/mol. The molecule has 0 bridgehead atoms. The van der Waals surface area contributed by atoms with E-state index >= 15 is 0 Å². The summed E-state index contributed by atoms with van der Waals surface area (Å²) in [6.45, 7) is 1.71. The number of hydrogen-bond acceptors (Lipinski definition) is 5. The minimum Gasteiger partial charge on any atom is -0.351 e. The first-order valence-corrected chi connectivity index (χ1v) is 8.29. The maximum Gasteiger partial charge on any atom is 0.294 e. The van der Waals surface area contributed by atoms with Crippen molar-refractivity contribution >= 4 is 21.6 Å². The molecule has 22 heavy (non-hydrogen) atoms. The van der Waals surface area contributed by atoms with Crippen molar-refractivity contribution in [3.05, 3.63) is 41.8 Å². The number of anilines is 1. The van der Waals surface area contributed by atoms with Crippen LogP contribution in [0.15, 0.2) is 39.8 Å². The Bertz CT molecular complexity index is 809. The number of aryl methyl sites for hydroxylation is 1. The van der Waals surface area contributed by atoms with E-state index in [0.29, 0.717) is 11.4 Å². The first kappa shape index (κ1) is 14.7. The van der Waals surface area contributed by atoms with Gasteiger partial charge in [-0.15, -0.1) is 0 Å². The lowest BCUT2D eigenvalue weighted by molar-refractivity contribution is 0.0988.